The first-order valence-electron chi connectivity index (χ1n) is 7.22. The number of aryl methyl sites for hydroxylation is 1. The fourth-order valence-corrected chi connectivity index (χ4v) is 2.95. The summed E-state index contributed by atoms with van der Waals surface area (Å²) >= 11 is 1.74. The van der Waals surface area contributed by atoms with Gasteiger partial charge in [0.25, 0.3) is 0 Å². The largest absolute Gasteiger partial charge is 0.395 e. The number of hydrogen-bond acceptors (Lipinski definition) is 3. The van der Waals surface area contributed by atoms with E-state index < -0.39 is 0 Å². The van der Waals surface area contributed by atoms with Crippen LogP contribution in [0.4, 0.5) is 5.69 Å². The minimum atomic E-state index is 0.122. The molecule has 0 spiro atoms. The molecule has 0 aliphatic rings. The average molecular weight is 299 g/mol. The molecular weight excluding hydrogens is 278 g/mol. The van der Waals surface area contributed by atoms with Gasteiger partial charge in [-0.15, -0.1) is 11.3 Å². The van der Waals surface area contributed by atoms with E-state index in [0.29, 0.717) is 6.42 Å². The standard InChI is InChI=1S/C18H21NOS/c1-3-19(17-9-7-15(2)8-10-17)14-18-16(11-13-21-18)6-4-5-12-20/h7-11,13,20H,3,5,12,14H2,1-2H3. The molecular formula is C18H21NOS. The third-order valence-corrected chi connectivity index (χ3v) is 4.23. The lowest BCUT2D eigenvalue weighted by atomic mass is 10.2. The van der Waals surface area contributed by atoms with Gasteiger partial charge in [-0.3, -0.25) is 0 Å². The monoisotopic (exact) mass is 299 g/mol. The number of benzene rings is 1. The summed E-state index contributed by atoms with van der Waals surface area (Å²) in [5.74, 6) is 6.16. The van der Waals surface area contributed by atoms with Crippen molar-refractivity contribution in [2.75, 3.05) is 18.1 Å². The molecule has 0 bridgehead atoms. The Morgan fingerprint density at radius 2 is 1.95 bits per heavy atom. The van der Waals surface area contributed by atoms with Gasteiger partial charge in [0.1, 0.15) is 0 Å². The molecule has 2 nitrogen and oxygen atoms in total. The highest BCUT2D eigenvalue weighted by Gasteiger charge is 2.09. The molecule has 0 unspecified atom stereocenters. The molecule has 0 aliphatic carbocycles. The van der Waals surface area contributed by atoms with Gasteiger partial charge in [-0.2, -0.15) is 0 Å². The van der Waals surface area contributed by atoms with Crippen LogP contribution in [0.5, 0.6) is 0 Å². The Morgan fingerprint density at radius 3 is 2.62 bits per heavy atom. The minimum Gasteiger partial charge on any atom is -0.395 e. The molecule has 1 aromatic heterocycles. The number of rotatable bonds is 5. The van der Waals surface area contributed by atoms with Gasteiger partial charge in [0.2, 0.25) is 0 Å². The van der Waals surface area contributed by atoms with Gasteiger partial charge in [0, 0.05) is 29.1 Å². The van der Waals surface area contributed by atoms with E-state index in [1.54, 1.807) is 11.3 Å². The molecule has 1 N–H and O–H groups in total. The Morgan fingerprint density at radius 1 is 1.19 bits per heavy atom. The quantitative estimate of drug-likeness (QED) is 0.849. The van der Waals surface area contributed by atoms with Crippen LogP contribution >= 0.6 is 11.3 Å². The number of aliphatic hydroxyl groups is 1. The van der Waals surface area contributed by atoms with Crippen molar-refractivity contribution in [1.29, 1.82) is 0 Å². The van der Waals surface area contributed by atoms with E-state index in [1.165, 1.54) is 16.1 Å². The molecule has 0 aliphatic heterocycles. The molecule has 2 rings (SSSR count). The maximum absolute atomic E-state index is 8.81. The molecule has 3 heteroatoms. The summed E-state index contributed by atoms with van der Waals surface area (Å²) in [6, 6.07) is 10.7. The zero-order chi connectivity index (χ0) is 15.1. The van der Waals surface area contributed by atoms with Crippen molar-refractivity contribution in [1.82, 2.24) is 0 Å². The van der Waals surface area contributed by atoms with Gasteiger partial charge < -0.3 is 10.0 Å². The summed E-state index contributed by atoms with van der Waals surface area (Å²) in [6.45, 7) is 6.24. The summed E-state index contributed by atoms with van der Waals surface area (Å²) in [5, 5.41) is 10.9. The first kappa shape index (κ1) is 15.6. The van der Waals surface area contributed by atoms with E-state index in [2.05, 4.69) is 66.3 Å². The Bertz CT molecular complexity index is 619. The Hall–Kier alpha value is -1.76. The first-order valence-corrected chi connectivity index (χ1v) is 8.10. The molecule has 0 amide bonds. The molecule has 0 saturated carbocycles. The van der Waals surface area contributed by atoms with Crippen molar-refractivity contribution >= 4 is 17.0 Å². The summed E-state index contributed by atoms with van der Waals surface area (Å²) in [7, 11) is 0. The minimum absolute atomic E-state index is 0.122. The first-order chi connectivity index (χ1) is 10.2. The molecule has 0 atom stereocenters. The molecule has 0 fully saturated rings. The van der Waals surface area contributed by atoms with Gasteiger partial charge in [-0.25, -0.2) is 0 Å². The highest BCUT2D eigenvalue weighted by atomic mass is 32.1. The highest BCUT2D eigenvalue weighted by molar-refractivity contribution is 7.10. The van der Waals surface area contributed by atoms with E-state index in [-0.39, 0.29) is 6.61 Å². The number of anilines is 1. The highest BCUT2D eigenvalue weighted by Crippen LogP contribution is 2.22. The average Bonchev–Trinajstić information content (AvgIpc) is 2.93. The summed E-state index contributed by atoms with van der Waals surface area (Å²) in [4.78, 5) is 3.63. The Balaban J connectivity index is 2.14. The van der Waals surface area contributed by atoms with E-state index in [1.807, 2.05) is 0 Å². The maximum Gasteiger partial charge on any atom is 0.0540 e. The van der Waals surface area contributed by atoms with Crippen LogP contribution in [0.1, 0.15) is 29.3 Å². The van der Waals surface area contributed by atoms with E-state index in [0.717, 1.165) is 18.7 Å². The molecule has 1 aromatic carbocycles. The van der Waals surface area contributed by atoms with Crippen molar-refractivity contribution in [2.24, 2.45) is 0 Å². The molecule has 2 aromatic rings. The fraction of sp³-hybridized carbons (Fsp3) is 0.333. The number of thiophene rings is 1. The molecule has 21 heavy (non-hydrogen) atoms. The second-order valence-corrected chi connectivity index (χ2v) is 5.88. The Labute approximate surface area is 131 Å². The van der Waals surface area contributed by atoms with Crippen LogP contribution in [0.15, 0.2) is 35.7 Å². The third kappa shape index (κ3) is 4.35. The zero-order valence-electron chi connectivity index (χ0n) is 12.6. The number of hydrogen-bond donors (Lipinski definition) is 1. The topological polar surface area (TPSA) is 23.5 Å². The van der Waals surface area contributed by atoms with Gasteiger partial charge in [-0.05, 0) is 37.4 Å². The lowest BCUT2D eigenvalue weighted by Crippen LogP contribution is -2.21. The fourth-order valence-electron chi connectivity index (χ4n) is 2.10. The second kappa shape index (κ2) is 7.87. The molecule has 0 radical (unpaired) electrons. The SMILES string of the molecule is CCN(Cc1sccc1C#CCCO)c1ccc(C)cc1. The molecule has 1 heterocycles. The lowest BCUT2D eigenvalue weighted by Gasteiger charge is -2.23. The van der Waals surface area contributed by atoms with Crippen LogP contribution in [0.2, 0.25) is 0 Å². The van der Waals surface area contributed by atoms with Crippen LogP contribution < -0.4 is 4.90 Å². The van der Waals surface area contributed by atoms with Crippen molar-refractivity contribution in [3.05, 3.63) is 51.7 Å². The zero-order valence-corrected chi connectivity index (χ0v) is 13.4. The number of nitrogens with zero attached hydrogens (tertiary/aromatic N) is 1. The summed E-state index contributed by atoms with van der Waals surface area (Å²) in [5.41, 5.74) is 3.60. The second-order valence-electron chi connectivity index (χ2n) is 4.88. The van der Waals surface area contributed by atoms with Crippen LogP contribution in [0.3, 0.4) is 0 Å². The van der Waals surface area contributed by atoms with Crippen LogP contribution in [0, 0.1) is 18.8 Å². The third-order valence-electron chi connectivity index (χ3n) is 3.32. The smallest absolute Gasteiger partial charge is 0.0540 e. The van der Waals surface area contributed by atoms with Gasteiger partial charge >= 0.3 is 0 Å². The normalized spacial score (nSPS) is 10.0. The van der Waals surface area contributed by atoms with E-state index in [9.17, 15) is 0 Å². The lowest BCUT2D eigenvalue weighted by molar-refractivity contribution is 0.305. The predicted molar refractivity (Wildman–Crippen MR) is 90.8 cm³/mol. The van der Waals surface area contributed by atoms with Crippen LogP contribution in [-0.2, 0) is 6.54 Å². The summed E-state index contributed by atoms with van der Waals surface area (Å²) in [6.07, 6.45) is 0.532. The number of aliphatic hydroxyl groups excluding tert-OH is 1. The molecule has 0 saturated heterocycles. The van der Waals surface area contributed by atoms with E-state index >= 15 is 0 Å². The molecule has 110 valence electrons. The van der Waals surface area contributed by atoms with Crippen molar-refractivity contribution < 1.29 is 5.11 Å². The van der Waals surface area contributed by atoms with Gasteiger partial charge in [-0.1, -0.05) is 29.5 Å². The van der Waals surface area contributed by atoms with Crippen molar-refractivity contribution in [3.8, 4) is 11.8 Å². The van der Waals surface area contributed by atoms with Crippen LogP contribution in [-0.4, -0.2) is 18.3 Å². The van der Waals surface area contributed by atoms with Gasteiger partial charge in [0.15, 0.2) is 0 Å². The van der Waals surface area contributed by atoms with Gasteiger partial charge in [0.05, 0.1) is 13.2 Å². The summed E-state index contributed by atoms with van der Waals surface area (Å²) < 4.78 is 0. The maximum atomic E-state index is 8.81. The van der Waals surface area contributed by atoms with Crippen LogP contribution in [0.25, 0.3) is 0 Å². The Kier molecular flexibility index (Phi) is 5.86. The van der Waals surface area contributed by atoms with Crippen molar-refractivity contribution in [2.45, 2.75) is 26.8 Å². The predicted octanol–water partition coefficient (Wildman–Crippen LogP) is 3.82. The van der Waals surface area contributed by atoms with Crippen molar-refractivity contribution in [3.63, 3.8) is 0 Å². The van der Waals surface area contributed by atoms with E-state index in [4.69, 9.17) is 5.11 Å².